The lowest BCUT2D eigenvalue weighted by Crippen LogP contribution is -2.43. The molecule has 0 spiro atoms. The van der Waals surface area contributed by atoms with Gasteiger partial charge in [0, 0.05) is 18.0 Å². The smallest absolute Gasteiger partial charge is 0.254 e. The Hall–Kier alpha value is -3.16. The molecule has 8 heteroatoms. The van der Waals surface area contributed by atoms with Crippen LogP contribution in [0, 0.1) is 19.7 Å². The molecule has 27 heavy (non-hydrogen) atoms. The highest BCUT2D eigenvalue weighted by atomic mass is 19.1. The molecule has 0 bridgehead atoms. The fourth-order valence-electron chi connectivity index (χ4n) is 3.35. The largest absolute Gasteiger partial charge is 0.329 e. The third-order valence-corrected chi connectivity index (χ3v) is 5.08. The van der Waals surface area contributed by atoms with Gasteiger partial charge in [0.25, 0.3) is 11.9 Å². The third-order valence-electron chi connectivity index (χ3n) is 5.08. The zero-order valence-electron chi connectivity index (χ0n) is 15.3. The molecule has 0 N–H and O–H groups in total. The van der Waals surface area contributed by atoms with E-state index in [0.717, 1.165) is 29.2 Å². The van der Waals surface area contributed by atoms with E-state index in [1.165, 1.54) is 4.68 Å². The first-order valence-corrected chi connectivity index (χ1v) is 8.74. The number of carbonyl (C=O) groups is 1. The number of hydrogen-bond donors (Lipinski definition) is 0. The number of halogens is 1. The summed E-state index contributed by atoms with van der Waals surface area (Å²) in [5.41, 5.74) is 4.34. The molecule has 1 aliphatic rings. The lowest BCUT2D eigenvalue weighted by molar-refractivity contribution is 0.0652. The van der Waals surface area contributed by atoms with Crippen molar-refractivity contribution >= 4 is 5.91 Å². The maximum absolute atomic E-state index is 13.1. The predicted octanol–water partition coefficient (Wildman–Crippen LogP) is 2.40. The molecular weight excluding hydrogens is 347 g/mol. The van der Waals surface area contributed by atoms with E-state index in [-0.39, 0.29) is 17.9 Å². The van der Waals surface area contributed by atoms with E-state index >= 15 is 0 Å². The third kappa shape index (κ3) is 2.97. The van der Waals surface area contributed by atoms with Crippen LogP contribution >= 0.6 is 0 Å². The Morgan fingerprint density at radius 3 is 2.70 bits per heavy atom. The summed E-state index contributed by atoms with van der Waals surface area (Å²) in [5.74, 6) is -0.250. The molecule has 4 rings (SSSR count). The van der Waals surface area contributed by atoms with Crippen molar-refractivity contribution < 1.29 is 9.18 Å². The normalized spacial score (nSPS) is 16.3. The van der Waals surface area contributed by atoms with Crippen LogP contribution in [0.4, 0.5) is 4.39 Å². The van der Waals surface area contributed by atoms with E-state index in [9.17, 15) is 9.18 Å². The first-order valence-electron chi connectivity index (χ1n) is 8.74. The van der Waals surface area contributed by atoms with Crippen molar-refractivity contribution in [2.45, 2.75) is 39.8 Å². The number of amides is 1. The van der Waals surface area contributed by atoms with Gasteiger partial charge in [-0.25, -0.2) is 14.4 Å². The maximum Gasteiger partial charge on any atom is 0.254 e. The van der Waals surface area contributed by atoms with E-state index in [1.54, 1.807) is 0 Å². The average Bonchev–Trinajstić information content (AvgIpc) is 3.06. The summed E-state index contributed by atoms with van der Waals surface area (Å²) in [4.78, 5) is 22.9. The van der Waals surface area contributed by atoms with Crippen LogP contribution in [0.25, 0.3) is 5.95 Å². The van der Waals surface area contributed by atoms with Crippen molar-refractivity contribution in [2.75, 3.05) is 0 Å². The van der Waals surface area contributed by atoms with Crippen LogP contribution in [0.1, 0.15) is 39.8 Å². The van der Waals surface area contributed by atoms with Gasteiger partial charge in [-0.15, -0.1) is 5.10 Å². The zero-order chi connectivity index (χ0) is 19.1. The molecule has 3 aromatic rings. The minimum Gasteiger partial charge on any atom is -0.329 e. The summed E-state index contributed by atoms with van der Waals surface area (Å²) < 4.78 is 14.6. The van der Waals surface area contributed by atoms with Crippen molar-refractivity contribution in [3.8, 4) is 5.95 Å². The summed E-state index contributed by atoms with van der Waals surface area (Å²) in [7, 11) is 0. The molecule has 1 aliphatic heterocycles. The summed E-state index contributed by atoms with van der Waals surface area (Å²) in [6, 6.07) is 5.72. The number of fused-ring (bicyclic) bond motifs is 1. The fourth-order valence-corrected chi connectivity index (χ4v) is 3.35. The highest BCUT2D eigenvalue weighted by Gasteiger charge is 2.32. The molecule has 0 saturated carbocycles. The Morgan fingerprint density at radius 2 is 1.96 bits per heavy atom. The van der Waals surface area contributed by atoms with E-state index in [4.69, 9.17) is 0 Å². The number of benzene rings is 1. The number of rotatable bonds is 2. The molecule has 0 saturated heterocycles. The van der Waals surface area contributed by atoms with Crippen LogP contribution in [-0.4, -0.2) is 41.8 Å². The molecule has 0 radical (unpaired) electrons. The minimum absolute atomic E-state index is 0.0121. The van der Waals surface area contributed by atoms with Crippen molar-refractivity contribution in [3.05, 3.63) is 64.5 Å². The van der Waals surface area contributed by atoms with Crippen molar-refractivity contribution in [1.29, 1.82) is 0 Å². The first-order chi connectivity index (χ1) is 13.0. The quantitative estimate of drug-likeness (QED) is 0.696. The summed E-state index contributed by atoms with van der Waals surface area (Å²) in [5, 5.41) is 8.31. The van der Waals surface area contributed by atoms with E-state index in [0.29, 0.717) is 24.2 Å². The highest BCUT2D eigenvalue weighted by Crippen LogP contribution is 2.25. The first kappa shape index (κ1) is 17.3. The SMILES string of the molecule is Cc1cccc(C(=O)N2Cc3nnn(-c4ncc(F)cn4)c3C[C@H]2C)c1C. The Labute approximate surface area is 155 Å². The Bertz CT molecular complexity index is 1010. The number of nitrogens with zero attached hydrogens (tertiary/aromatic N) is 6. The van der Waals surface area contributed by atoms with Gasteiger partial charge in [-0.3, -0.25) is 4.79 Å². The second-order valence-electron chi connectivity index (χ2n) is 6.83. The number of aromatic nitrogens is 5. The molecule has 0 aliphatic carbocycles. The van der Waals surface area contributed by atoms with Crippen molar-refractivity contribution in [3.63, 3.8) is 0 Å². The molecule has 0 unspecified atom stereocenters. The average molecular weight is 366 g/mol. The number of aryl methyl sites for hydroxylation is 1. The highest BCUT2D eigenvalue weighted by molar-refractivity contribution is 5.96. The molecule has 2 aromatic heterocycles. The van der Waals surface area contributed by atoms with Crippen LogP contribution in [0.2, 0.25) is 0 Å². The van der Waals surface area contributed by atoms with E-state index < -0.39 is 5.82 Å². The zero-order valence-corrected chi connectivity index (χ0v) is 15.3. The molecule has 1 atom stereocenters. The monoisotopic (exact) mass is 366 g/mol. The molecule has 0 fully saturated rings. The van der Waals surface area contributed by atoms with Gasteiger partial charge in [-0.1, -0.05) is 17.3 Å². The van der Waals surface area contributed by atoms with Gasteiger partial charge in [-0.2, -0.15) is 4.68 Å². The molecule has 1 amide bonds. The predicted molar refractivity (Wildman–Crippen MR) is 95.9 cm³/mol. The van der Waals surface area contributed by atoms with Crippen LogP contribution in [0.5, 0.6) is 0 Å². The van der Waals surface area contributed by atoms with Gasteiger partial charge in [0.2, 0.25) is 0 Å². The molecule has 3 heterocycles. The Balaban J connectivity index is 1.65. The summed E-state index contributed by atoms with van der Waals surface area (Å²) in [6.45, 7) is 6.32. The summed E-state index contributed by atoms with van der Waals surface area (Å²) >= 11 is 0. The van der Waals surface area contributed by atoms with Gasteiger partial charge in [-0.05, 0) is 38.0 Å². The van der Waals surface area contributed by atoms with Crippen molar-refractivity contribution in [1.82, 2.24) is 29.9 Å². The van der Waals surface area contributed by atoms with Crippen LogP contribution < -0.4 is 0 Å². The minimum atomic E-state index is -0.508. The lowest BCUT2D eigenvalue weighted by atomic mass is 9.99. The molecule has 138 valence electrons. The van der Waals surface area contributed by atoms with Crippen molar-refractivity contribution in [2.24, 2.45) is 0 Å². The number of carbonyl (C=O) groups excluding carboxylic acids is 1. The van der Waals surface area contributed by atoms with Crippen LogP contribution in [0.3, 0.4) is 0 Å². The summed E-state index contributed by atoms with van der Waals surface area (Å²) in [6.07, 6.45) is 2.76. The second-order valence-corrected chi connectivity index (χ2v) is 6.83. The van der Waals surface area contributed by atoms with Crippen LogP contribution in [0.15, 0.2) is 30.6 Å². The van der Waals surface area contributed by atoms with Gasteiger partial charge >= 0.3 is 0 Å². The Kier molecular flexibility index (Phi) is 4.18. The number of hydrogen-bond acceptors (Lipinski definition) is 5. The maximum atomic E-state index is 13.1. The van der Waals surface area contributed by atoms with Gasteiger partial charge in [0.15, 0.2) is 5.82 Å². The molecule has 1 aromatic carbocycles. The van der Waals surface area contributed by atoms with Gasteiger partial charge in [0.05, 0.1) is 24.6 Å². The van der Waals surface area contributed by atoms with Crippen LogP contribution in [-0.2, 0) is 13.0 Å². The van der Waals surface area contributed by atoms with Gasteiger partial charge in [0.1, 0.15) is 5.69 Å². The Morgan fingerprint density at radius 1 is 1.22 bits per heavy atom. The van der Waals surface area contributed by atoms with Gasteiger partial charge < -0.3 is 4.90 Å². The fraction of sp³-hybridized carbons (Fsp3) is 0.316. The topological polar surface area (TPSA) is 76.8 Å². The molecule has 7 nitrogen and oxygen atoms in total. The molecular formula is C19H19FN6O. The standard InChI is InChI=1S/C19H19FN6O/c1-11-5-4-6-15(13(11)3)18(27)25-10-16-17(7-12(25)2)26(24-23-16)19-21-8-14(20)9-22-19/h4-6,8-9,12H,7,10H2,1-3H3/t12-/m1/s1. The van der Waals surface area contributed by atoms with E-state index in [1.807, 2.05) is 43.9 Å². The lowest BCUT2D eigenvalue weighted by Gasteiger charge is -2.33. The van der Waals surface area contributed by atoms with E-state index in [2.05, 4.69) is 20.3 Å². The second kappa shape index (κ2) is 6.53.